The van der Waals surface area contributed by atoms with Crippen LogP contribution >= 0.6 is 0 Å². The quantitative estimate of drug-likeness (QED) is 0.157. The second-order valence-corrected chi connectivity index (χ2v) is 17.6. The highest BCUT2D eigenvalue weighted by Crippen LogP contribution is 2.47. The highest BCUT2D eigenvalue weighted by molar-refractivity contribution is 6.81. The number of hydrogen-bond acceptors (Lipinski definition) is 3. The Kier molecular flexibility index (Phi) is 8.92. The molecule has 12 aromatic carbocycles. The van der Waals surface area contributed by atoms with Crippen LogP contribution in [0.1, 0.15) is 6.92 Å². The van der Waals surface area contributed by atoms with Gasteiger partial charge in [-0.25, -0.2) is 0 Å². The van der Waals surface area contributed by atoms with Gasteiger partial charge in [0.2, 0.25) is 0 Å². The maximum atomic E-state index is 5.89. The van der Waals surface area contributed by atoms with Crippen LogP contribution in [0.2, 0.25) is 0 Å². The summed E-state index contributed by atoms with van der Waals surface area (Å²) in [6.45, 7) is 2.48. The fraction of sp³-hybridized carbons (Fsp3) is 0.0323. The molecule has 3 nitrogen and oxygen atoms in total. The SMILES string of the molecule is CCOc1ccc2cc(-c3cc4ccccc4cc3-c3cc4ccccc4cc3-c3cc4ccccc4cc3-c3cc4ccccc4cc3B3Nc4cccc5cccc(c45)N3)ccc2c1. The molecule has 0 radical (unpaired) electrons. The van der Waals surface area contributed by atoms with Gasteiger partial charge in [-0.1, -0.05) is 146 Å². The summed E-state index contributed by atoms with van der Waals surface area (Å²) < 4.78 is 5.89. The summed E-state index contributed by atoms with van der Waals surface area (Å²) in [5.41, 5.74) is 12.9. The van der Waals surface area contributed by atoms with Crippen LogP contribution < -0.4 is 20.7 Å². The number of fused-ring (bicyclic) bond motifs is 5. The van der Waals surface area contributed by atoms with Gasteiger partial charge in [0.25, 0.3) is 0 Å². The first kappa shape index (κ1) is 38.2. The van der Waals surface area contributed by atoms with Crippen LogP contribution in [0.3, 0.4) is 0 Å². The summed E-state index contributed by atoms with van der Waals surface area (Å²) >= 11 is 0. The minimum Gasteiger partial charge on any atom is -0.494 e. The molecule has 12 aromatic rings. The largest absolute Gasteiger partial charge is 0.494 e. The summed E-state index contributed by atoms with van der Waals surface area (Å²) in [5, 5.41) is 22.3. The minimum absolute atomic E-state index is 0.190. The molecule has 0 saturated carbocycles. The molecule has 0 atom stereocenters. The van der Waals surface area contributed by atoms with E-state index in [-0.39, 0.29) is 6.98 Å². The first-order valence-electron chi connectivity index (χ1n) is 23.0. The van der Waals surface area contributed by atoms with Crippen molar-refractivity contribution in [3.8, 4) is 50.3 Å². The van der Waals surface area contributed by atoms with Crippen LogP contribution in [0.25, 0.3) is 109 Å². The van der Waals surface area contributed by atoms with Crippen LogP contribution in [0.4, 0.5) is 11.4 Å². The van der Waals surface area contributed by atoms with E-state index in [2.05, 4.69) is 229 Å². The Bertz CT molecular complexity index is 3890. The Morgan fingerprint density at radius 3 is 1.21 bits per heavy atom. The monoisotopic (exact) mass is 842 g/mol. The molecule has 1 aliphatic rings. The lowest BCUT2D eigenvalue weighted by atomic mass is 9.62. The van der Waals surface area contributed by atoms with E-state index in [9.17, 15) is 0 Å². The Morgan fingerprint density at radius 1 is 0.333 bits per heavy atom. The zero-order valence-electron chi connectivity index (χ0n) is 36.5. The fourth-order valence-corrected chi connectivity index (χ4v) is 10.5. The van der Waals surface area contributed by atoms with Gasteiger partial charge in [0.05, 0.1) is 6.61 Å². The van der Waals surface area contributed by atoms with Crippen molar-refractivity contribution in [2.45, 2.75) is 6.92 Å². The molecule has 0 spiro atoms. The predicted octanol–water partition coefficient (Wildman–Crippen LogP) is 15.9. The Balaban J connectivity index is 1.09. The van der Waals surface area contributed by atoms with Gasteiger partial charge in [0.1, 0.15) is 5.75 Å². The Hall–Kier alpha value is -8.34. The van der Waals surface area contributed by atoms with E-state index in [4.69, 9.17) is 4.74 Å². The van der Waals surface area contributed by atoms with E-state index >= 15 is 0 Å². The normalized spacial score (nSPS) is 12.3. The molecular weight excluding hydrogens is 800 g/mol. The van der Waals surface area contributed by atoms with Crippen molar-refractivity contribution in [3.05, 3.63) is 218 Å². The molecule has 0 bridgehead atoms. The minimum atomic E-state index is -0.190. The molecule has 1 aliphatic heterocycles. The van der Waals surface area contributed by atoms with Crippen LogP contribution in [0.5, 0.6) is 5.75 Å². The zero-order chi connectivity index (χ0) is 43.7. The molecule has 0 aromatic heterocycles. The van der Waals surface area contributed by atoms with Crippen molar-refractivity contribution in [2.75, 3.05) is 17.1 Å². The molecule has 66 heavy (non-hydrogen) atoms. The van der Waals surface area contributed by atoms with E-state index in [1.807, 2.05) is 6.92 Å². The standard InChI is InChI=1S/C62H43BN2O/c1-2-66-51-28-27-48-29-50(26-25-49(48)30-51)52-31-40-13-3-4-14-41(40)32-53(52)54-33-42-15-5-6-16-43(42)34-55(54)56-35-44-17-7-8-18-45(44)36-57(56)58-37-46-19-9-10-20-47(46)38-59(58)63-64-60-23-11-21-39-22-12-24-61(65-63)62(39)60/h3-38,64-65H,2H2,1H3. The molecule has 0 amide bonds. The highest BCUT2D eigenvalue weighted by atomic mass is 16.5. The summed E-state index contributed by atoms with van der Waals surface area (Å²) in [6.07, 6.45) is 0. The van der Waals surface area contributed by atoms with Gasteiger partial charge in [-0.15, -0.1) is 0 Å². The van der Waals surface area contributed by atoms with Crippen LogP contribution in [0, 0.1) is 0 Å². The lowest BCUT2D eigenvalue weighted by Crippen LogP contribution is -2.48. The zero-order valence-corrected chi connectivity index (χ0v) is 36.5. The molecule has 13 rings (SSSR count). The maximum Gasteiger partial charge on any atom is 0.406 e. The summed E-state index contributed by atoms with van der Waals surface area (Å²) in [6, 6.07) is 80.8. The lowest BCUT2D eigenvalue weighted by molar-refractivity contribution is 0.341. The van der Waals surface area contributed by atoms with Gasteiger partial charge in [-0.2, -0.15) is 0 Å². The topological polar surface area (TPSA) is 33.3 Å². The predicted molar refractivity (Wildman–Crippen MR) is 283 cm³/mol. The molecule has 1 heterocycles. The van der Waals surface area contributed by atoms with Crippen molar-refractivity contribution >= 4 is 88.5 Å². The second kappa shape index (κ2) is 15.4. The van der Waals surface area contributed by atoms with Crippen molar-refractivity contribution in [3.63, 3.8) is 0 Å². The van der Waals surface area contributed by atoms with Crippen molar-refractivity contribution < 1.29 is 4.74 Å². The number of anilines is 2. The molecule has 0 fully saturated rings. The van der Waals surface area contributed by atoms with Gasteiger partial charge in [0, 0.05) is 16.8 Å². The number of ether oxygens (including phenoxy) is 1. The van der Waals surface area contributed by atoms with E-state index < -0.39 is 0 Å². The summed E-state index contributed by atoms with van der Waals surface area (Å²) in [5.74, 6) is 0.892. The number of benzene rings is 12. The fourth-order valence-electron chi connectivity index (χ4n) is 10.5. The molecule has 0 aliphatic carbocycles. The third-order valence-corrected chi connectivity index (χ3v) is 13.7. The summed E-state index contributed by atoms with van der Waals surface area (Å²) in [4.78, 5) is 0. The van der Waals surface area contributed by atoms with Gasteiger partial charge in [-0.3, -0.25) is 0 Å². The third-order valence-electron chi connectivity index (χ3n) is 13.7. The lowest BCUT2D eigenvalue weighted by Gasteiger charge is -2.29. The van der Waals surface area contributed by atoms with E-state index in [0.29, 0.717) is 6.61 Å². The Labute approximate surface area is 384 Å². The van der Waals surface area contributed by atoms with Gasteiger partial charge in [-0.05, 0) is 189 Å². The average Bonchev–Trinajstić information content (AvgIpc) is 3.37. The molecule has 0 unspecified atom stereocenters. The van der Waals surface area contributed by atoms with Gasteiger partial charge < -0.3 is 15.2 Å². The van der Waals surface area contributed by atoms with Gasteiger partial charge in [0.15, 0.2) is 0 Å². The molecule has 310 valence electrons. The van der Waals surface area contributed by atoms with Crippen LogP contribution in [-0.4, -0.2) is 13.6 Å². The van der Waals surface area contributed by atoms with Crippen LogP contribution in [0.15, 0.2) is 218 Å². The van der Waals surface area contributed by atoms with Crippen LogP contribution in [-0.2, 0) is 0 Å². The first-order valence-corrected chi connectivity index (χ1v) is 23.0. The smallest absolute Gasteiger partial charge is 0.406 e. The number of rotatable bonds is 7. The molecule has 2 N–H and O–H groups in total. The highest BCUT2D eigenvalue weighted by Gasteiger charge is 2.30. The number of nitrogens with one attached hydrogen (secondary N) is 2. The second-order valence-electron chi connectivity index (χ2n) is 17.6. The van der Waals surface area contributed by atoms with Crippen molar-refractivity contribution in [1.82, 2.24) is 0 Å². The molecule has 4 heteroatoms. The summed E-state index contributed by atoms with van der Waals surface area (Å²) in [7, 11) is 0. The van der Waals surface area contributed by atoms with Crippen molar-refractivity contribution in [1.29, 1.82) is 0 Å². The maximum absolute atomic E-state index is 5.89. The van der Waals surface area contributed by atoms with Gasteiger partial charge >= 0.3 is 6.98 Å². The van der Waals surface area contributed by atoms with E-state index in [1.165, 1.54) is 109 Å². The number of hydrogen-bond donors (Lipinski definition) is 2. The van der Waals surface area contributed by atoms with E-state index in [1.54, 1.807) is 0 Å². The third kappa shape index (κ3) is 6.44. The Morgan fingerprint density at radius 2 is 0.712 bits per heavy atom. The average molecular weight is 843 g/mol. The van der Waals surface area contributed by atoms with E-state index in [0.717, 1.165) is 22.5 Å². The van der Waals surface area contributed by atoms with Crippen molar-refractivity contribution in [2.24, 2.45) is 0 Å². The first-order chi connectivity index (χ1) is 32.6. The molecular formula is C62H43BN2O. The molecule has 0 saturated heterocycles.